The standard InChI is InChI=1S/C18H18N2O2/c1-20(11-15-6-4-5-14(9-15)10-19)12-16-13-21-17-7-2-3-8-18(17)22-16/h2-9,16H,11-13H2,1H3. The summed E-state index contributed by atoms with van der Waals surface area (Å²) in [5.41, 5.74) is 1.82. The van der Waals surface area contributed by atoms with E-state index in [0.717, 1.165) is 30.2 Å². The molecule has 2 aromatic carbocycles. The van der Waals surface area contributed by atoms with Crippen LogP contribution in [0.2, 0.25) is 0 Å². The summed E-state index contributed by atoms with van der Waals surface area (Å²) in [4.78, 5) is 2.18. The molecule has 1 heterocycles. The summed E-state index contributed by atoms with van der Waals surface area (Å²) in [6, 6.07) is 17.6. The topological polar surface area (TPSA) is 45.5 Å². The second-order valence-corrected chi connectivity index (χ2v) is 5.51. The van der Waals surface area contributed by atoms with Crippen LogP contribution in [-0.2, 0) is 6.54 Å². The maximum Gasteiger partial charge on any atom is 0.161 e. The molecule has 0 saturated carbocycles. The zero-order chi connectivity index (χ0) is 15.4. The van der Waals surface area contributed by atoms with E-state index in [1.165, 1.54) is 0 Å². The summed E-state index contributed by atoms with van der Waals surface area (Å²) < 4.78 is 11.7. The van der Waals surface area contributed by atoms with E-state index >= 15 is 0 Å². The summed E-state index contributed by atoms with van der Waals surface area (Å²) in [6.07, 6.45) is 0.0130. The van der Waals surface area contributed by atoms with E-state index in [2.05, 4.69) is 11.0 Å². The molecule has 22 heavy (non-hydrogen) atoms. The van der Waals surface area contributed by atoms with Crippen molar-refractivity contribution in [1.29, 1.82) is 5.26 Å². The van der Waals surface area contributed by atoms with Crippen molar-refractivity contribution in [2.75, 3.05) is 20.2 Å². The zero-order valence-corrected chi connectivity index (χ0v) is 12.5. The average Bonchev–Trinajstić information content (AvgIpc) is 2.55. The van der Waals surface area contributed by atoms with Gasteiger partial charge in [0, 0.05) is 13.1 Å². The number of nitrogens with zero attached hydrogens (tertiary/aromatic N) is 2. The lowest BCUT2D eigenvalue weighted by atomic mass is 10.1. The molecule has 0 amide bonds. The Kier molecular flexibility index (Phi) is 4.27. The van der Waals surface area contributed by atoms with E-state index in [1.807, 2.05) is 55.6 Å². The van der Waals surface area contributed by atoms with Crippen LogP contribution in [0.15, 0.2) is 48.5 Å². The molecular formula is C18H18N2O2. The lowest BCUT2D eigenvalue weighted by molar-refractivity contribution is 0.0638. The minimum Gasteiger partial charge on any atom is -0.486 e. The first-order valence-corrected chi connectivity index (χ1v) is 7.30. The first kappa shape index (κ1) is 14.4. The monoisotopic (exact) mass is 294 g/mol. The number of hydrogen-bond acceptors (Lipinski definition) is 4. The first-order chi connectivity index (χ1) is 10.7. The fourth-order valence-corrected chi connectivity index (χ4v) is 2.62. The van der Waals surface area contributed by atoms with Crippen LogP contribution in [0.4, 0.5) is 0 Å². The number of likely N-dealkylation sites (N-methyl/N-ethyl adjacent to an activating group) is 1. The second-order valence-electron chi connectivity index (χ2n) is 5.51. The molecule has 0 N–H and O–H groups in total. The highest BCUT2D eigenvalue weighted by Gasteiger charge is 2.21. The summed E-state index contributed by atoms with van der Waals surface area (Å²) in [5.74, 6) is 1.61. The fraction of sp³-hybridized carbons (Fsp3) is 0.278. The molecule has 0 fully saturated rings. The Hall–Kier alpha value is -2.51. The van der Waals surface area contributed by atoms with E-state index in [9.17, 15) is 0 Å². The van der Waals surface area contributed by atoms with Crippen molar-refractivity contribution < 1.29 is 9.47 Å². The van der Waals surface area contributed by atoms with Crippen LogP contribution >= 0.6 is 0 Å². The molecule has 1 aliphatic heterocycles. The summed E-state index contributed by atoms with van der Waals surface area (Å²) >= 11 is 0. The van der Waals surface area contributed by atoms with Gasteiger partial charge in [-0.15, -0.1) is 0 Å². The maximum absolute atomic E-state index is 8.95. The Morgan fingerprint density at radius 3 is 2.82 bits per heavy atom. The fourth-order valence-electron chi connectivity index (χ4n) is 2.62. The maximum atomic E-state index is 8.95. The summed E-state index contributed by atoms with van der Waals surface area (Å²) in [6.45, 7) is 2.10. The van der Waals surface area contributed by atoms with Crippen molar-refractivity contribution in [1.82, 2.24) is 4.90 Å². The van der Waals surface area contributed by atoms with Gasteiger partial charge in [-0.05, 0) is 36.9 Å². The third kappa shape index (κ3) is 3.38. The quantitative estimate of drug-likeness (QED) is 0.870. The van der Waals surface area contributed by atoms with Crippen molar-refractivity contribution in [2.24, 2.45) is 0 Å². The Morgan fingerprint density at radius 2 is 2.00 bits per heavy atom. The van der Waals surface area contributed by atoms with Crippen LogP contribution in [0.25, 0.3) is 0 Å². The van der Waals surface area contributed by atoms with Crippen LogP contribution in [0, 0.1) is 11.3 Å². The Morgan fingerprint density at radius 1 is 1.18 bits per heavy atom. The highest BCUT2D eigenvalue weighted by atomic mass is 16.6. The molecule has 0 aromatic heterocycles. The molecule has 0 spiro atoms. The van der Waals surface area contributed by atoms with Gasteiger partial charge in [0.25, 0.3) is 0 Å². The first-order valence-electron chi connectivity index (χ1n) is 7.30. The Balaban J connectivity index is 1.58. The lowest BCUT2D eigenvalue weighted by Gasteiger charge is -2.29. The molecule has 4 heteroatoms. The van der Waals surface area contributed by atoms with Gasteiger partial charge in [0.15, 0.2) is 11.5 Å². The largest absolute Gasteiger partial charge is 0.486 e. The molecule has 1 atom stereocenters. The number of nitriles is 1. The van der Waals surface area contributed by atoms with Gasteiger partial charge in [-0.25, -0.2) is 0 Å². The van der Waals surface area contributed by atoms with E-state index in [1.54, 1.807) is 0 Å². The smallest absolute Gasteiger partial charge is 0.161 e. The van der Waals surface area contributed by atoms with Crippen LogP contribution in [0.3, 0.4) is 0 Å². The second kappa shape index (κ2) is 6.50. The molecule has 1 unspecified atom stereocenters. The zero-order valence-electron chi connectivity index (χ0n) is 12.5. The number of ether oxygens (including phenoxy) is 2. The normalized spacial score (nSPS) is 16.3. The molecule has 2 aromatic rings. The van der Waals surface area contributed by atoms with Gasteiger partial charge in [0.05, 0.1) is 11.6 Å². The van der Waals surface area contributed by atoms with Crippen molar-refractivity contribution in [3.05, 3.63) is 59.7 Å². The highest BCUT2D eigenvalue weighted by molar-refractivity contribution is 5.40. The summed E-state index contributed by atoms with van der Waals surface area (Å²) in [5, 5.41) is 8.95. The van der Waals surface area contributed by atoms with Gasteiger partial charge in [-0.2, -0.15) is 5.26 Å². The van der Waals surface area contributed by atoms with Gasteiger partial charge < -0.3 is 9.47 Å². The van der Waals surface area contributed by atoms with E-state index < -0.39 is 0 Å². The SMILES string of the molecule is CN(Cc1cccc(C#N)c1)CC1COc2ccccc2O1. The van der Waals surface area contributed by atoms with E-state index in [-0.39, 0.29) is 6.10 Å². The van der Waals surface area contributed by atoms with Crippen molar-refractivity contribution in [3.63, 3.8) is 0 Å². The third-order valence-corrected chi connectivity index (χ3v) is 3.59. The number of para-hydroxylation sites is 2. The van der Waals surface area contributed by atoms with Crippen molar-refractivity contribution >= 4 is 0 Å². The molecular weight excluding hydrogens is 276 g/mol. The van der Waals surface area contributed by atoms with Crippen LogP contribution < -0.4 is 9.47 Å². The molecule has 3 rings (SSSR count). The minimum atomic E-state index is 0.0130. The van der Waals surface area contributed by atoms with Gasteiger partial charge in [0.2, 0.25) is 0 Å². The van der Waals surface area contributed by atoms with Crippen molar-refractivity contribution in [2.45, 2.75) is 12.6 Å². The van der Waals surface area contributed by atoms with E-state index in [4.69, 9.17) is 14.7 Å². The number of hydrogen-bond donors (Lipinski definition) is 0. The van der Waals surface area contributed by atoms with Gasteiger partial charge >= 0.3 is 0 Å². The van der Waals surface area contributed by atoms with Gasteiger partial charge in [0.1, 0.15) is 12.7 Å². The minimum absolute atomic E-state index is 0.0130. The summed E-state index contributed by atoms with van der Waals surface area (Å²) in [7, 11) is 2.04. The lowest BCUT2D eigenvalue weighted by Crippen LogP contribution is -2.39. The molecule has 0 aliphatic carbocycles. The van der Waals surface area contributed by atoms with Crippen LogP contribution in [0.5, 0.6) is 11.5 Å². The molecule has 1 aliphatic rings. The molecule has 0 saturated heterocycles. The predicted molar refractivity (Wildman–Crippen MR) is 83.8 cm³/mol. The van der Waals surface area contributed by atoms with Crippen molar-refractivity contribution in [3.8, 4) is 17.6 Å². The molecule has 112 valence electrons. The number of benzene rings is 2. The molecule has 0 radical (unpaired) electrons. The predicted octanol–water partition coefficient (Wildman–Crippen LogP) is 2.83. The van der Waals surface area contributed by atoms with E-state index in [0.29, 0.717) is 12.2 Å². The third-order valence-electron chi connectivity index (χ3n) is 3.59. The number of fused-ring (bicyclic) bond motifs is 1. The molecule has 4 nitrogen and oxygen atoms in total. The van der Waals surface area contributed by atoms with Gasteiger partial charge in [-0.3, -0.25) is 4.90 Å². The Labute approximate surface area is 130 Å². The average molecular weight is 294 g/mol. The Bertz CT molecular complexity index is 693. The van der Waals surface area contributed by atoms with Gasteiger partial charge in [-0.1, -0.05) is 24.3 Å². The molecule has 0 bridgehead atoms. The number of rotatable bonds is 4. The van der Waals surface area contributed by atoms with Crippen LogP contribution in [-0.4, -0.2) is 31.2 Å². The highest BCUT2D eigenvalue weighted by Crippen LogP contribution is 2.31. The van der Waals surface area contributed by atoms with Crippen LogP contribution in [0.1, 0.15) is 11.1 Å².